The van der Waals surface area contributed by atoms with Crippen LogP contribution in [0.15, 0.2) is 48.8 Å². The quantitative estimate of drug-likeness (QED) is 0.659. The zero-order valence-corrected chi connectivity index (χ0v) is 16.5. The van der Waals surface area contributed by atoms with Gasteiger partial charge in [0.05, 0.1) is 29.3 Å². The van der Waals surface area contributed by atoms with E-state index in [-0.39, 0.29) is 23.2 Å². The van der Waals surface area contributed by atoms with E-state index in [9.17, 15) is 17.6 Å². The minimum absolute atomic E-state index is 0.0494. The number of hydrogen-bond donors (Lipinski definition) is 2. The van der Waals surface area contributed by atoms with Crippen LogP contribution in [0.25, 0.3) is 11.0 Å². The monoisotopic (exact) mass is 404 g/mol. The number of anilines is 2. The van der Waals surface area contributed by atoms with E-state index in [2.05, 4.69) is 15.0 Å². The van der Waals surface area contributed by atoms with Crippen molar-refractivity contribution in [1.82, 2.24) is 9.55 Å². The predicted octanol–water partition coefficient (Wildman–Crippen LogP) is 3.38. The Morgan fingerprint density at radius 2 is 1.89 bits per heavy atom. The summed E-state index contributed by atoms with van der Waals surface area (Å²) >= 11 is 0. The molecule has 1 heterocycles. The molecule has 0 aliphatic carbocycles. The Morgan fingerprint density at radius 1 is 1.18 bits per heavy atom. The third-order valence-corrected chi connectivity index (χ3v) is 4.80. The lowest BCUT2D eigenvalue weighted by Gasteiger charge is -2.22. The van der Waals surface area contributed by atoms with Gasteiger partial charge >= 0.3 is 0 Å². The molecular formula is C19H21FN4O3S. The SMILES string of the molecule is CC(C)[C@@H](C(=O)Nc1ccc(F)c(NS(C)(=O)=O)c1)n1cnc2ccccc21. The predicted molar refractivity (Wildman–Crippen MR) is 107 cm³/mol. The summed E-state index contributed by atoms with van der Waals surface area (Å²) in [5.41, 5.74) is 1.67. The number of nitrogens with zero attached hydrogens (tertiary/aromatic N) is 2. The first-order valence-electron chi connectivity index (χ1n) is 8.65. The lowest BCUT2D eigenvalue weighted by atomic mass is 10.0. The van der Waals surface area contributed by atoms with Gasteiger partial charge in [0.25, 0.3) is 0 Å². The van der Waals surface area contributed by atoms with Crippen molar-refractivity contribution in [2.45, 2.75) is 19.9 Å². The molecule has 0 fully saturated rings. The molecular weight excluding hydrogens is 383 g/mol. The molecule has 2 N–H and O–H groups in total. The van der Waals surface area contributed by atoms with Crippen LogP contribution in [-0.4, -0.2) is 30.1 Å². The molecule has 1 amide bonds. The number of carbonyl (C=O) groups is 1. The van der Waals surface area contributed by atoms with Crippen molar-refractivity contribution in [3.63, 3.8) is 0 Å². The number of nitrogens with one attached hydrogen (secondary N) is 2. The van der Waals surface area contributed by atoms with Crippen LogP contribution >= 0.6 is 0 Å². The van der Waals surface area contributed by atoms with Crippen LogP contribution in [0.4, 0.5) is 15.8 Å². The number of halogens is 1. The Hall–Kier alpha value is -2.94. The Kier molecular flexibility index (Phi) is 5.37. The number of benzene rings is 2. The van der Waals surface area contributed by atoms with Crippen LogP contribution in [0.5, 0.6) is 0 Å². The first-order valence-corrected chi connectivity index (χ1v) is 10.5. The van der Waals surface area contributed by atoms with Gasteiger partial charge in [-0.2, -0.15) is 0 Å². The number of hydrogen-bond acceptors (Lipinski definition) is 4. The molecule has 0 spiro atoms. The highest BCUT2D eigenvalue weighted by Crippen LogP contribution is 2.26. The Bertz CT molecular complexity index is 1130. The highest BCUT2D eigenvalue weighted by atomic mass is 32.2. The summed E-state index contributed by atoms with van der Waals surface area (Å²) in [4.78, 5) is 17.3. The average Bonchev–Trinajstić information content (AvgIpc) is 3.00. The number of fused-ring (bicyclic) bond motifs is 1. The van der Waals surface area contributed by atoms with Crippen molar-refractivity contribution in [2.24, 2.45) is 5.92 Å². The third kappa shape index (κ3) is 4.30. The summed E-state index contributed by atoms with van der Waals surface area (Å²) in [5.74, 6) is -1.09. The molecule has 0 saturated heterocycles. The molecule has 0 aliphatic rings. The summed E-state index contributed by atoms with van der Waals surface area (Å²) in [6.45, 7) is 3.83. The second-order valence-electron chi connectivity index (χ2n) is 6.89. The number of sulfonamides is 1. The van der Waals surface area contributed by atoms with Crippen molar-refractivity contribution in [2.75, 3.05) is 16.3 Å². The largest absolute Gasteiger partial charge is 0.324 e. The van der Waals surface area contributed by atoms with E-state index in [1.54, 1.807) is 10.9 Å². The van der Waals surface area contributed by atoms with Gasteiger partial charge in [-0.05, 0) is 36.2 Å². The highest BCUT2D eigenvalue weighted by molar-refractivity contribution is 7.92. The lowest BCUT2D eigenvalue weighted by molar-refractivity contribution is -0.120. The fraction of sp³-hybridized carbons (Fsp3) is 0.263. The number of imidazole rings is 1. The maximum atomic E-state index is 13.9. The summed E-state index contributed by atoms with van der Waals surface area (Å²) in [6, 6.07) is 10.7. The van der Waals surface area contributed by atoms with Crippen molar-refractivity contribution in [3.05, 3.63) is 54.6 Å². The standard InChI is InChI=1S/C19H21FN4O3S/c1-12(2)18(24-11-21-15-6-4-5-7-17(15)24)19(25)22-13-8-9-14(20)16(10-13)23-28(3,26)27/h4-12,18,23H,1-3H3,(H,22,25)/t18-/m0/s1. The second-order valence-corrected chi connectivity index (χ2v) is 8.64. The maximum Gasteiger partial charge on any atom is 0.247 e. The van der Waals surface area contributed by atoms with Gasteiger partial charge < -0.3 is 9.88 Å². The molecule has 2 aromatic carbocycles. The molecule has 0 saturated carbocycles. The summed E-state index contributed by atoms with van der Waals surface area (Å²) in [6.07, 6.45) is 2.55. The van der Waals surface area contributed by atoms with Gasteiger partial charge in [-0.15, -0.1) is 0 Å². The van der Waals surface area contributed by atoms with Gasteiger partial charge in [-0.1, -0.05) is 26.0 Å². The van der Waals surface area contributed by atoms with E-state index in [1.165, 1.54) is 12.1 Å². The molecule has 28 heavy (non-hydrogen) atoms. The normalized spacial score (nSPS) is 12.9. The molecule has 7 nitrogen and oxygen atoms in total. The Balaban J connectivity index is 1.91. The van der Waals surface area contributed by atoms with Crippen molar-refractivity contribution < 1.29 is 17.6 Å². The molecule has 1 aromatic heterocycles. The maximum absolute atomic E-state index is 13.9. The average molecular weight is 404 g/mol. The van der Waals surface area contributed by atoms with Crippen molar-refractivity contribution in [3.8, 4) is 0 Å². The van der Waals surface area contributed by atoms with Crippen molar-refractivity contribution in [1.29, 1.82) is 0 Å². The topological polar surface area (TPSA) is 93.1 Å². The van der Waals surface area contributed by atoms with Crippen LogP contribution in [0.3, 0.4) is 0 Å². The Labute approximate surface area is 162 Å². The number of carbonyl (C=O) groups excluding carboxylic acids is 1. The van der Waals surface area contributed by atoms with Gasteiger partial charge in [-0.25, -0.2) is 17.8 Å². The fourth-order valence-electron chi connectivity index (χ4n) is 3.05. The second kappa shape index (κ2) is 7.59. The molecule has 0 bridgehead atoms. The minimum atomic E-state index is -3.65. The molecule has 0 unspecified atom stereocenters. The molecule has 0 aliphatic heterocycles. The van der Waals surface area contributed by atoms with Crippen LogP contribution in [-0.2, 0) is 14.8 Å². The molecule has 9 heteroatoms. The van der Waals surface area contributed by atoms with E-state index in [1.807, 2.05) is 38.1 Å². The lowest BCUT2D eigenvalue weighted by Crippen LogP contribution is -2.29. The molecule has 148 valence electrons. The third-order valence-electron chi connectivity index (χ3n) is 4.21. The zero-order valence-electron chi connectivity index (χ0n) is 15.7. The van der Waals surface area contributed by atoms with Crippen molar-refractivity contribution >= 4 is 38.3 Å². The zero-order chi connectivity index (χ0) is 20.5. The smallest absolute Gasteiger partial charge is 0.247 e. The Morgan fingerprint density at radius 3 is 2.57 bits per heavy atom. The van der Waals surface area contributed by atoms with Crippen LogP contribution < -0.4 is 10.0 Å². The highest BCUT2D eigenvalue weighted by Gasteiger charge is 2.26. The van der Waals surface area contributed by atoms with Gasteiger partial charge in [0, 0.05) is 5.69 Å². The number of rotatable bonds is 6. The van der Waals surface area contributed by atoms with E-state index in [0.717, 1.165) is 23.4 Å². The van der Waals surface area contributed by atoms with Gasteiger partial charge in [0.15, 0.2) is 0 Å². The number of aromatic nitrogens is 2. The summed E-state index contributed by atoms with van der Waals surface area (Å²) in [5, 5.41) is 2.74. The van der Waals surface area contributed by atoms with Gasteiger partial charge in [0.2, 0.25) is 15.9 Å². The molecule has 1 atom stereocenters. The van der Waals surface area contributed by atoms with E-state index >= 15 is 0 Å². The van der Waals surface area contributed by atoms with Gasteiger partial charge in [-0.3, -0.25) is 9.52 Å². The van der Waals surface area contributed by atoms with Crippen LogP contribution in [0.1, 0.15) is 19.9 Å². The van der Waals surface area contributed by atoms with E-state index in [0.29, 0.717) is 0 Å². The fourth-order valence-corrected chi connectivity index (χ4v) is 3.60. The van der Waals surface area contributed by atoms with E-state index < -0.39 is 21.9 Å². The minimum Gasteiger partial charge on any atom is -0.324 e. The first kappa shape index (κ1) is 19.8. The van der Waals surface area contributed by atoms with Gasteiger partial charge in [0.1, 0.15) is 11.9 Å². The molecule has 3 rings (SSSR count). The number of amides is 1. The summed E-state index contributed by atoms with van der Waals surface area (Å²) < 4.78 is 40.5. The first-order chi connectivity index (χ1) is 13.2. The number of para-hydroxylation sites is 2. The molecule has 3 aromatic rings. The molecule has 0 radical (unpaired) electrons. The summed E-state index contributed by atoms with van der Waals surface area (Å²) in [7, 11) is -3.65. The van der Waals surface area contributed by atoms with Crippen LogP contribution in [0, 0.1) is 11.7 Å². The van der Waals surface area contributed by atoms with E-state index in [4.69, 9.17) is 0 Å². The van der Waals surface area contributed by atoms with Crippen LogP contribution in [0.2, 0.25) is 0 Å².